The number of hydrogen-bond acceptors (Lipinski definition) is 2. The second kappa shape index (κ2) is 7.17. The molecule has 0 spiro atoms. The summed E-state index contributed by atoms with van der Waals surface area (Å²) in [5.74, 6) is -0.192. The average molecular weight is 342 g/mol. The summed E-state index contributed by atoms with van der Waals surface area (Å²) in [5.41, 5.74) is 2.35. The van der Waals surface area contributed by atoms with E-state index in [2.05, 4.69) is 45.0 Å². The molecule has 0 radical (unpaired) electrons. The first-order valence-electron chi connectivity index (χ1n) is 6.39. The molecule has 0 aliphatic carbocycles. The maximum Gasteiger partial charge on any atom is 0.124 e. The van der Waals surface area contributed by atoms with Gasteiger partial charge in [-0.3, -0.25) is 0 Å². The monoisotopic (exact) mass is 341 g/mol. The predicted molar refractivity (Wildman–Crippen MR) is 83.2 cm³/mol. The van der Waals surface area contributed by atoms with Gasteiger partial charge in [-0.25, -0.2) is 4.39 Å². The maximum absolute atomic E-state index is 13.5. The number of halogens is 2. The molecule has 1 heterocycles. The van der Waals surface area contributed by atoms with Gasteiger partial charge in [0.05, 0.1) is 0 Å². The lowest BCUT2D eigenvalue weighted by molar-refractivity contribution is 0.511. The number of rotatable bonds is 6. The van der Waals surface area contributed by atoms with Crippen LogP contribution in [0.2, 0.25) is 0 Å². The third-order valence-electron chi connectivity index (χ3n) is 3.04. The van der Waals surface area contributed by atoms with Crippen LogP contribution in [0, 0.1) is 5.82 Å². The van der Waals surface area contributed by atoms with E-state index in [9.17, 15) is 4.39 Å². The van der Waals surface area contributed by atoms with Crippen molar-refractivity contribution < 1.29 is 4.39 Å². The van der Waals surface area contributed by atoms with Gasteiger partial charge in [-0.1, -0.05) is 22.9 Å². The molecule has 1 unspecified atom stereocenters. The summed E-state index contributed by atoms with van der Waals surface area (Å²) < 4.78 is 14.3. The molecule has 2 aromatic rings. The van der Waals surface area contributed by atoms with Crippen LogP contribution in [0.25, 0.3) is 0 Å². The fourth-order valence-corrected chi connectivity index (χ4v) is 3.34. The molecule has 0 bridgehead atoms. The standard InChI is InChI=1S/C15H17BrFNS/c1-2-18-15(4-3-11-5-6-19-10-11)12-7-13(16)9-14(17)8-12/h5-10,15,18H,2-4H2,1H3. The molecule has 1 aromatic heterocycles. The minimum absolute atomic E-state index is 0.192. The second-order valence-electron chi connectivity index (χ2n) is 4.48. The molecule has 1 N–H and O–H groups in total. The van der Waals surface area contributed by atoms with Crippen molar-refractivity contribution in [2.45, 2.75) is 25.8 Å². The number of thiophene rings is 1. The van der Waals surface area contributed by atoms with Gasteiger partial charge < -0.3 is 5.32 Å². The molecule has 0 aliphatic rings. The molecule has 0 saturated heterocycles. The van der Waals surface area contributed by atoms with Gasteiger partial charge in [0.1, 0.15) is 5.82 Å². The van der Waals surface area contributed by atoms with Crippen molar-refractivity contribution in [3.05, 3.63) is 56.4 Å². The molecule has 1 nitrogen and oxygen atoms in total. The van der Waals surface area contributed by atoms with Crippen molar-refractivity contribution >= 4 is 27.3 Å². The fraction of sp³-hybridized carbons (Fsp3) is 0.333. The van der Waals surface area contributed by atoms with Crippen molar-refractivity contribution in [2.75, 3.05) is 6.54 Å². The summed E-state index contributed by atoms with van der Waals surface area (Å²) in [6.45, 7) is 2.95. The van der Waals surface area contributed by atoms with Crippen LogP contribution in [0.5, 0.6) is 0 Å². The van der Waals surface area contributed by atoms with Crippen molar-refractivity contribution in [3.8, 4) is 0 Å². The van der Waals surface area contributed by atoms with Gasteiger partial charge in [-0.2, -0.15) is 11.3 Å². The number of hydrogen-bond donors (Lipinski definition) is 1. The molecule has 1 atom stereocenters. The summed E-state index contributed by atoms with van der Waals surface area (Å²) >= 11 is 5.07. The molecule has 0 amide bonds. The Labute approximate surface area is 126 Å². The smallest absolute Gasteiger partial charge is 0.124 e. The number of nitrogens with one attached hydrogen (secondary N) is 1. The zero-order valence-electron chi connectivity index (χ0n) is 10.8. The molecular weight excluding hydrogens is 325 g/mol. The van der Waals surface area contributed by atoms with Gasteiger partial charge >= 0.3 is 0 Å². The first-order chi connectivity index (χ1) is 9.19. The Bertz CT molecular complexity index is 493. The Hall–Kier alpha value is -0.710. The maximum atomic E-state index is 13.5. The molecule has 4 heteroatoms. The molecule has 0 fully saturated rings. The SMILES string of the molecule is CCNC(CCc1ccsc1)c1cc(F)cc(Br)c1. The molecule has 1 aromatic carbocycles. The topological polar surface area (TPSA) is 12.0 Å². The van der Waals surface area contributed by atoms with Crippen molar-refractivity contribution in [3.63, 3.8) is 0 Å². The van der Waals surface area contributed by atoms with Gasteiger partial charge in [0.15, 0.2) is 0 Å². The van der Waals surface area contributed by atoms with Crippen LogP contribution in [0.15, 0.2) is 39.5 Å². The van der Waals surface area contributed by atoms with Gasteiger partial charge in [-0.05, 0) is 65.5 Å². The van der Waals surface area contributed by atoms with E-state index >= 15 is 0 Å². The largest absolute Gasteiger partial charge is 0.310 e. The fourth-order valence-electron chi connectivity index (χ4n) is 2.16. The lowest BCUT2D eigenvalue weighted by Crippen LogP contribution is -2.21. The number of aryl methyl sites for hydroxylation is 1. The van der Waals surface area contributed by atoms with Crippen molar-refractivity contribution in [1.29, 1.82) is 0 Å². The van der Waals surface area contributed by atoms with Crippen LogP contribution >= 0.6 is 27.3 Å². The Morgan fingerprint density at radius 3 is 2.84 bits per heavy atom. The highest BCUT2D eigenvalue weighted by Crippen LogP contribution is 2.24. The van der Waals surface area contributed by atoms with E-state index in [0.717, 1.165) is 29.4 Å². The van der Waals surface area contributed by atoms with E-state index in [0.29, 0.717) is 0 Å². The van der Waals surface area contributed by atoms with Gasteiger partial charge in [0.2, 0.25) is 0 Å². The summed E-state index contributed by atoms with van der Waals surface area (Å²) in [5, 5.41) is 7.70. The van der Waals surface area contributed by atoms with E-state index < -0.39 is 0 Å². The van der Waals surface area contributed by atoms with Crippen LogP contribution in [0.4, 0.5) is 4.39 Å². The van der Waals surface area contributed by atoms with Crippen LogP contribution in [-0.2, 0) is 6.42 Å². The highest BCUT2D eigenvalue weighted by Gasteiger charge is 2.12. The molecule has 2 rings (SSSR count). The Balaban J connectivity index is 2.09. The third kappa shape index (κ3) is 4.41. The predicted octanol–water partition coefficient (Wildman–Crippen LogP) is 4.93. The number of benzene rings is 1. The summed E-state index contributed by atoms with van der Waals surface area (Å²) in [6, 6.07) is 7.44. The van der Waals surface area contributed by atoms with E-state index in [-0.39, 0.29) is 11.9 Å². The molecular formula is C15H17BrFNS. The van der Waals surface area contributed by atoms with Gasteiger partial charge in [-0.15, -0.1) is 0 Å². The van der Waals surface area contributed by atoms with Crippen LogP contribution in [0.1, 0.15) is 30.5 Å². The van der Waals surface area contributed by atoms with Crippen LogP contribution < -0.4 is 5.32 Å². The van der Waals surface area contributed by atoms with Crippen molar-refractivity contribution in [2.24, 2.45) is 0 Å². The molecule has 0 saturated carbocycles. The molecule has 19 heavy (non-hydrogen) atoms. The Morgan fingerprint density at radius 1 is 1.37 bits per heavy atom. The summed E-state index contributed by atoms with van der Waals surface area (Å²) in [6.07, 6.45) is 1.98. The summed E-state index contributed by atoms with van der Waals surface area (Å²) in [7, 11) is 0. The average Bonchev–Trinajstić information content (AvgIpc) is 2.86. The van der Waals surface area contributed by atoms with Crippen molar-refractivity contribution in [1.82, 2.24) is 5.32 Å². The lowest BCUT2D eigenvalue weighted by atomic mass is 10.00. The van der Waals surface area contributed by atoms with E-state index in [1.165, 1.54) is 11.6 Å². The van der Waals surface area contributed by atoms with Gasteiger partial charge in [0.25, 0.3) is 0 Å². The lowest BCUT2D eigenvalue weighted by Gasteiger charge is -2.18. The van der Waals surface area contributed by atoms with E-state index in [1.54, 1.807) is 17.4 Å². The summed E-state index contributed by atoms with van der Waals surface area (Å²) in [4.78, 5) is 0. The zero-order chi connectivity index (χ0) is 13.7. The van der Waals surface area contributed by atoms with E-state index in [4.69, 9.17) is 0 Å². The normalized spacial score (nSPS) is 12.6. The van der Waals surface area contributed by atoms with E-state index in [1.807, 2.05) is 6.07 Å². The Kier molecular flexibility index (Phi) is 5.55. The highest BCUT2D eigenvalue weighted by molar-refractivity contribution is 9.10. The quantitative estimate of drug-likeness (QED) is 0.785. The van der Waals surface area contributed by atoms with Gasteiger partial charge in [0, 0.05) is 10.5 Å². The zero-order valence-corrected chi connectivity index (χ0v) is 13.2. The molecule has 0 aliphatic heterocycles. The van der Waals surface area contributed by atoms with Crippen LogP contribution in [0.3, 0.4) is 0 Å². The third-order valence-corrected chi connectivity index (χ3v) is 4.23. The second-order valence-corrected chi connectivity index (χ2v) is 6.18. The minimum Gasteiger partial charge on any atom is -0.310 e. The highest BCUT2D eigenvalue weighted by atomic mass is 79.9. The minimum atomic E-state index is -0.192. The first-order valence-corrected chi connectivity index (χ1v) is 8.13. The molecule has 102 valence electrons. The van der Waals surface area contributed by atoms with Crippen LogP contribution in [-0.4, -0.2) is 6.54 Å². The Morgan fingerprint density at radius 2 is 2.21 bits per heavy atom. The first kappa shape index (κ1) is 14.7.